The molecule has 2 heteroatoms. The Morgan fingerprint density at radius 1 is 1.31 bits per heavy atom. The van der Waals surface area contributed by atoms with Gasteiger partial charge >= 0.3 is 0 Å². The maximum absolute atomic E-state index is 5.57. The summed E-state index contributed by atoms with van der Waals surface area (Å²) in [6.45, 7) is 1.02. The van der Waals surface area contributed by atoms with Gasteiger partial charge in [0, 0.05) is 5.69 Å². The van der Waals surface area contributed by atoms with Crippen molar-refractivity contribution in [3.05, 3.63) is 35.9 Å². The molecule has 13 heavy (non-hydrogen) atoms. The highest BCUT2D eigenvalue weighted by atomic mass is 14.8. The Hall–Kier alpha value is -1.28. The molecular formula is C11H16N2. The summed E-state index contributed by atoms with van der Waals surface area (Å²) in [6, 6.07) is 7.87. The van der Waals surface area contributed by atoms with Crippen LogP contribution in [0.25, 0.3) is 6.08 Å². The lowest BCUT2D eigenvalue weighted by Crippen LogP contribution is -2.05. The van der Waals surface area contributed by atoms with Crippen molar-refractivity contribution in [1.29, 1.82) is 0 Å². The summed E-state index contributed by atoms with van der Waals surface area (Å²) in [6.07, 6.45) is 5.32. The van der Waals surface area contributed by atoms with E-state index in [1.807, 2.05) is 31.3 Å². The van der Waals surface area contributed by atoms with Crippen molar-refractivity contribution < 1.29 is 0 Å². The van der Waals surface area contributed by atoms with Crippen molar-refractivity contribution in [3.63, 3.8) is 0 Å². The van der Waals surface area contributed by atoms with Crippen molar-refractivity contribution >= 4 is 11.8 Å². The van der Waals surface area contributed by atoms with Crippen LogP contribution in [0.2, 0.25) is 0 Å². The first-order valence-corrected chi connectivity index (χ1v) is 4.49. The third-order valence-electron chi connectivity index (χ3n) is 1.81. The molecule has 0 amide bonds. The van der Waals surface area contributed by atoms with E-state index < -0.39 is 0 Å². The minimum Gasteiger partial charge on any atom is -0.399 e. The molecule has 1 aromatic rings. The number of hydrogen-bond donors (Lipinski definition) is 2. The van der Waals surface area contributed by atoms with Crippen LogP contribution in [0.1, 0.15) is 12.0 Å². The number of benzene rings is 1. The Morgan fingerprint density at radius 2 is 2.00 bits per heavy atom. The minimum atomic E-state index is 0.812. The Balaban J connectivity index is 2.44. The fraction of sp³-hybridized carbons (Fsp3) is 0.273. The molecular weight excluding hydrogens is 160 g/mol. The fourth-order valence-corrected chi connectivity index (χ4v) is 1.05. The summed E-state index contributed by atoms with van der Waals surface area (Å²) in [5.41, 5.74) is 7.58. The van der Waals surface area contributed by atoms with Crippen LogP contribution in [0.4, 0.5) is 5.69 Å². The van der Waals surface area contributed by atoms with E-state index in [-0.39, 0.29) is 0 Å². The van der Waals surface area contributed by atoms with E-state index in [1.54, 1.807) is 0 Å². The Kier molecular flexibility index (Phi) is 4.06. The number of nitrogens with two attached hydrogens (primary N) is 1. The monoisotopic (exact) mass is 176 g/mol. The molecule has 70 valence electrons. The maximum atomic E-state index is 5.57. The zero-order valence-electron chi connectivity index (χ0n) is 7.96. The second-order valence-electron chi connectivity index (χ2n) is 2.96. The van der Waals surface area contributed by atoms with Gasteiger partial charge in [0.25, 0.3) is 0 Å². The van der Waals surface area contributed by atoms with Crippen molar-refractivity contribution in [2.24, 2.45) is 0 Å². The number of anilines is 1. The van der Waals surface area contributed by atoms with Crippen LogP contribution < -0.4 is 11.1 Å². The lowest BCUT2D eigenvalue weighted by molar-refractivity contribution is 0.809. The molecule has 2 nitrogen and oxygen atoms in total. The van der Waals surface area contributed by atoms with Gasteiger partial charge in [0.05, 0.1) is 0 Å². The molecule has 0 radical (unpaired) electrons. The van der Waals surface area contributed by atoms with E-state index >= 15 is 0 Å². The number of nitrogen functional groups attached to an aromatic ring is 1. The molecule has 0 atom stereocenters. The van der Waals surface area contributed by atoms with Crippen molar-refractivity contribution in [2.45, 2.75) is 6.42 Å². The number of nitrogens with one attached hydrogen (secondary N) is 1. The van der Waals surface area contributed by atoms with Crippen LogP contribution in [0, 0.1) is 0 Å². The van der Waals surface area contributed by atoms with Gasteiger partial charge in [-0.1, -0.05) is 24.3 Å². The standard InChI is InChI=1S/C11H16N2/c1-13-9-3-2-4-10-5-7-11(12)8-6-10/h2,4-8,13H,3,9,12H2,1H3. The molecule has 3 N–H and O–H groups in total. The Bertz CT molecular complexity index is 262. The Morgan fingerprint density at radius 3 is 2.62 bits per heavy atom. The van der Waals surface area contributed by atoms with Gasteiger partial charge in [-0.25, -0.2) is 0 Å². The molecule has 0 saturated heterocycles. The average Bonchev–Trinajstić information content (AvgIpc) is 2.15. The van der Waals surface area contributed by atoms with Gasteiger partial charge in [0.2, 0.25) is 0 Å². The average molecular weight is 176 g/mol. The second-order valence-corrected chi connectivity index (χ2v) is 2.96. The molecule has 0 saturated carbocycles. The fourth-order valence-electron chi connectivity index (χ4n) is 1.05. The predicted octanol–water partition coefficient (Wildman–Crippen LogP) is 1.89. The normalized spacial score (nSPS) is 10.8. The van der Waals surface area contributed by atoms with E-state index in [1.165, 1.54) is 5.56 Å². The molecule has 0 unspecified atom stereocenters. The van der Waals surface area contributed by atoms with Crippen LogP contribution in [0.15, 0.2) is 30.3 Å². The largest absolute Gasteiger partial charge is 0.399 e. The van der Waals surface area contributed by atoms with E-state index in [0.29, 0.717) is 0 Å². The molecule has 1 rings (SSSR count). The van der Waals surface area contributed by atoms with Crippen LogP contribution >= 0.6 is 0 Å². The summed E-state index contributed by atoms with van der Waals surface area (Å²) in [5, 5.41) is 3.09. The summed E-state index contributed by atoms with van der Waals surface area (Å²) in [5.74, 6) is 0. The molecule has 0 fully saturated rings. The van der Waals surface area contributed by atoms with Crippen LogP contribution in [-0.4, -0.2) is 13.6 Å². The van der Waals surface area contributed by atoms with Crippen LogP contribution in [-0.2, 0) is 0 Å². The smallest absolute Gasteiger partial charge is 0.0314 e. The van der Waals surface area contributed by atoms with E-state index in [9.17, 15) is 0 Å². The highest BCUT2D eigenvalue weighted by Gasteiger charge is 1.85. The summed E-state index contributed by atoms with van der Waals surface area (Å²) in [4.78, 5) is 0. The van der Waals surface area contributed by atoms with E-state index in [2.05, 4.69) is 17.5 Å². The molecule has 0 bridgehead atoms. The SMILES string of the molecule is CNCCC=Cc1ccc(N)cc1. The zero-order valence-corrected chi connectivity index (χ0v) is 7.96. The highest BCUT2D eigenvalue weighted by molar-refractivity contribution is 5.53. The van der Waals surface area contributed by atoms with E-state index in [4.69, 9.17) is 5.73 Å². The predicted molar refractivity (Wildman–Crippen MR) is 58.4 cm³/mol. The highest BCUT2D eigenvalue weighted by Crippen LogP contribution is 2.07. The first kappa shape index (κ1) is 9.81. The van der Waals surface area contributed by atoms with Gasteiger partial charge in [-0.15, -0.1) is 0 Å². The molecule has 0 aliphatic heterocycles. The molecule has 0 heterocycles. The first-order valence-electron chi connectivity index (χ1n) is 4.49. The lowest BCUT2D eigenvalue weighted by Gasteiger charge is -1.95. The summed E-state index contributed by atoms with van der Waals surface area (Å²) >= 11 is 0. The summed E-state index contributed by atoms with van der Waals surface area (Å²) < 4.78 is 0. The molecule has 0 spiro atoms. The van der Waals surface area contributed by atoms with Gasteiger partial charge in [-0.05, 0) is 37.7 Å². The number of rotatable bonds is 4. The maximum Gasteiger partial charge on any atom is 0.0314 e. The quantitative estimate of drug-likeness (QED) is 0.543. The molecule has 0 aromatic heterocycles. The van der Waals surface area contributed by atoms with Gasteiger partial charge in [0.1, 0.15) is 0 Å². The summed E-state index contributed by atoms with van der Waals surface area (Å²) in [7, 11) is 1.96. The van der Waals surface area contributed by atoms with Crippen LogP contribution in [0.5, 0.6) is 0 Å². The number of hydrogen-bond acceptors (Lipinski definition) is 2. The van der Waals surface area contributed by atoms with Crippen molar-refractivity contribution in [3.8, 4) is 0 Å². The van der Waals surface area contributed by atoms with Gasteiger partial charge in [0.15, 0.2) is 0 Å². The Labute approximate surface area is 79.5 Å². The topological polar surface area (TPSA) is 38.0 Å². The van der Waals surface area contributed by atoms with Gasteiger partial charge in [-0.3, -0.25) is 0 Å². The van der Waals surface area contributed by atoms with Crippen molar-refractivity contribution in [2.75, 3.05) is 19.3 Å². The van der Waals surface area contributed by atoms with E-state index in [0.717, 1.165) is 18.7 Å². The molecule has 0 aliphatic carbocycles. The third kappa shape index (κ3) is 3.76. The van der Waals surface area contributed by atoms with Crippen molar-refractivity contribution in [1.82, 2.24) is 5.32 Å². The van der Waals surface area contributed by atoms with Gasteiger partial charge < -0.3 is 11.1 Å². The minimum absolute atomic E-state index is 0.812. The zero-order chi connectivity index (χ0) is 9.52. The molecule has 0 aliphatic rings. The van der Waals surface area contributed by atoms with Crippen LogP contribution in [0.3, 0.4) is 0 Å². The molecule has 1 aromatic carbocycles. The van der Waals surface area contributed by atoms with Gasteiger partial charge in [-0.2, -0.15) is 0 Å². The third-order valence-corrected chi connectivity index (χ3v) is 1.81. The second kappa shape index (κ2) is 5.38. The lowest BCUT2D eigenvalue weighted by atomic mass is 10.2. The first-order chi connectivity index (χ1) is 6.33.